The molecule has 0 bridgehead atoms. The number of ether oxygens (including phenoxy) is 16. The summed E-state index contributed by atoms with van der Waals surface area (Å²) in [4.78, 5) is 47.4. The maximum Gasteiger partial charge on any atom is 0.306 e. The fraction of sp³-hybridized carbons (Fsp3) is 0.356. The molecule has 764 valence electrons. The van der Waals surface area contributed by atoms with Crippen molar-refractivity contribution in [3.05, 3.63) is 310 Å². The average Bonchev–Trinajstić information content (AvgIpc) is 0.804. The minimum Gasteiger partial charge on any atom is -0.507 e. The molecule has 2 aliphatic rings. The van der Waals surface area contributed by atoms with Gasteiger partial charge < -0.3 is 86.0 Å². The number of aromatic hydroxyl groups is 2. The Morgan fingerprint density at radius 3 is 0.792 bits per heavy atom. The summed E-state index contributed by atoms with van der Waals surface area (Å²) in [6.07, 6.45) is 13.5. The van der Waals surface area contributed by atoms with Crippen molar-refractivity contribution in [2.24, 2.45) is 0 Å². The summed E-state index contributed by atoms with van der Waals surface area (Å²) in [6.45, 7) is 10.7. The number of benzene rings is 12. The number of rotatable bonds is 44. The summed E-state index contributed by atoms with van der Waals surface area (Å²) in [5.74, 6) is 3.61. The van der Waals surface area contributed by atoms with Gasteiger partial charge in [-0.1, -0.05) is 150 Å². The summed E-state index contributed by atoms with van der Waals surface area (Å²) < 4.78 is 147. The van der Waals surface area contributed by atoms with Crippen molar-refractivity contribution in [3.8, 4) is 114 Å². The average molecular weight is 1980 g/mol. The highest BCUT2D eigenvalue weighted by molar-refractivity contribution is 5.77. The molecule has 2 unspecified atom stereocenters. The minimum atomic E-state index is -0.444. The van der Waals surface area contributed by atoms with E-state index in [1.807, 2.05) is 133 Å². The molecule has 0 spiro atoms. The molecule has 2 heterocycles. The van der Waals surface area contributed by atoms with Gasteiger partial charge in [0.1, 0.15) is 119 Å². The fourth-order valence-corrected chi connectivity index (χ4v) is 17.2. The van der Waals surface area contributed by atoms with Crippen LogP contribution in [0.1, 0.15) is 211 Å². The number of hydrogen-bond acceptors (Lipinski definition) is 22. The van der Waals surface area contributed by atoms with Crippen LogP contribution in [0.15, 0.2) is 243 Å². The molecule has 12 aromatic rings. The van der Waals surface area contributed by atoms with Crippen molar-refractivity contribution in [2.75, 3.05) is 70.1 Å². The fourth-order valence-electron chi connectivity index (χ4n) is 17.2. The molecule has 0 aromatic heterocycles. The van der Waals surface area contributed by atoms with Gasteiger partial charge in [-0.15, -0.1) is 0 Å². The zero-order valence-electron chi connectivity index (χ0n) is 84.1. The third kappa shape index (κ3) is 32.9. The number of methoxy groups -OCH3 is 8. The SMILES string of the molecule is CCC[C@@H](CC(=O)OC)c1cccc(OCc2ccc(-c3cc(OC)ccc3F)c(O)c2)c1.CCC[C@@H](CC(=O)OC)c1cccc(OCc2ccc(-c3cc(OC)ccc3F)c(OC3CCCCO3)c2)c1.CCC[C@H](CC(=O)OC)c1cccc(OCc2ccc(-c3cc(OC)ccc3F)c(O)c2)c1.CCC[C@H](CC(=O)OC)c1cccc(OCc2ccc(-c3cc(OC)ccc3F)c(OC3CCCCO3)c2)c1. The molecule has 144 heavy (non-hydrogen) atoms. The van der Waals surface area contributed by atoms with Crippen LogP contribution in [0.5, 0.6) is 69.0 Å². The Labute approximate surface area is 842 Å². The van der Waals surface area contributed by atoms with Gasteiger partial charge in [-0.05, 0) is 265 Å². The van der Waals surface area contributed by atoms with Crippen LogP contribution in [0.4, 0.5) is 17.6 Å². The molecule has 0 saturated carbocycles. The lowest BCUT2D eigenvalue weighted by Crippen LogP contribution is -2.25. The topological polar surface area (TPSA) is 256 Å². The number of esters is 4. The lowest BCUT2D eigenvalue weighted by atomic mass is 9.91. The molecule has 22 nitrogen and oxygen atoms in total. The summed E-state index contributed by atoms with van der Waals surface area (Å²) in [5, 5.41) is 21.0. The van der Waals surface area contributed by atoms with Gasteiger partial charge in [0.05, 0.1) is 95.8 Å². The van der Waals surface area contributed by atoms with Gasteiger partial charge in [0.15, 0.2) is 12.6 Å². The van der Waals surface area contributed by atoms with Crippen molar-refractivity contribution in [2.45, 2.75) is 206 Å². The smallest absolute Gasteiger partial charge is 0.306 e. The highest BCUT2D eigenvalue weighted by Gasteiger charge is 2.27. The quantitative estimate of drug-likeness (QED) is 0.0204. The van der Waals surface area contributed by atoms with E-state index < -0.39 is 11.6 Å². The van der Waals surface area contributed by atoms with Crippen molar-refractivity contribution < 1.29 is 123 Å². The van der Waals surface area contributed by atoms with E-state index in [4.69, 9.17) is 75.8 Å². The van der Waals surface area contributed by atoms with Crippen LogP contribution in [0, 0.1) is 23.3 Å². The number of phenols is 2. The van der Waals surface area contributed by atoms with E-state index in [1.165, 1.54) is 79.1 Å². The van der Waals surface area contributed by atoms with E-state index in [9.17, 15) is 47.0 Å². The van der Waals surface area contributed by atoms with Gasteiger partial charge in [0.2, 0.25) is 0 Å². The third-order valence-corrected chi connectivity index (χ3v) is 24.9. The molecule has 2 N–H and O–H groups in total. The first-order chi connectivity index (χ1) is 69.9. The molecule has 2 fully saturated rings. The third-order valence-electron chi connectivity index (χ3n) is 24.9. The van der Waals surface area contributed by atoms with Crippen molar-refractivity contribution in [1.29, 1.82) is 0 Å². The van der Waals surface area contributed by atoms with Crippen LogP contribution in [0.25, 0.3) is 44.5 Å². The number of carbonyl (C=O) groups is 4. The molecule has 0 aliphatic carbocycles. The van der Waals surface area contributed by atoms with Gasteiger partial charge in [-0.2, -0.15) is 0 Å². The van der Waals surface area contributed by atoms with E-state index in [0.29, 0.717) is 143 Å². The van der Waals surface area contributed by atoms with Crippen molar-refractivity contribution in [1.82, 2.24) is 0 Å². The Morgan fingerprint density at radius 1 is 0.299 bits per heavy atom. The Balaban J connectivity index is 0.000000184. The van der Waals surface area contributed by atoms with Gasteiger partial charge in [0.25, 0.3) is 0 Å². The molecule has 6 atom stereocenters. The Kier molecular flexibility index (Phi) is 43.7. The van der Waals surface area contributed by atoms with Gasteiger partial charge in [-0.25, -0.2) is 17.6 Å². The van der Waals surface area contributed by atoms with Crippen molar-refractivity contribution in [3.63, 3.8) is 0 Å². The standard InChI is InChI=1S/2C32H37FO6.2C27H29FO5/c2*1-4-8-23(19-31(34)36-3)24-9-7-10-26(18-24)38-21-22-12-14-27(28-20-25(35-2)13-15-29(28)33)30(17-22)39-32-11-5-6-16-37-32;2*1-4-6-19(15-27(30)32-3)20-7-5-8-22(14-20)33-17-18-9-11-23(26(29)13-18)24-16-21(31-2)10-12-25(24)28/h2*7,9-10,12-15,17-18,20,23,32H,4-6,8,11,16,19,21H2,1-3H3;2*5,7-14,16,19,29H,4,6,15,17H2,1-3H3/t2*23-,32?;2*19-/m1010/s1. The molecule has 0 radical (unpaired) electrons. The number of carbonyl (C=O) groups excluding carboxylic acids is 4. The van der Waals surface area contributed by atoms with E-state index in [2.05, 4.69) is 27.7 Å². The largest absolute Gasteiger partial charge is 0.507 e. The molecule has 26 heteroatoms. The molecule has 2 saturated heterocycles. The second-order valence-corrected chi connectivity index (χ2v) is 35.1. The molecular formula is C118H132F4O22. The molecule has 0 amide bonds. The summed E-state index contributed by atoms with van der Waals surface area (Å²) in [5.41, 5.74) is 10.7. The molecule has 14 rings (SSSR count). The lowest BCUT2D eigenvalue weighted by molar-refractivity contribution is -0.142. The van der Waals surface area contributed by atoms with Gasteiger partial charge in [0, 0.05) is 57.3 Å². The van der Waals surface area contributed by atoms with Crippen LogP contribution in [-0.4, -0.2) is 117 Å². The Hall–Kier alpha value is -14.2. The van der Waals surface area contributed by atoms with Crippen molar-refractivity contribution >= 4 is 23.9 Å². The van der Waals surface area contributed by atoms with E-state index >= 15 is 0 Å². The monoisotopic (exact) mass is 1980 g/mol. The molecule has 2 aliphatic heterocycles. The van der Waals surface area contributed by atoms with Gasteiger partial charge >= 0.3 is 23.9 Å². The van der Waals surface area contributed by atoms with Crippen LogP contribution in [0.3, 0.4) is 0 Å². The maximum absolute atomic E-state index is 14.9. The highest BCUT2D eigenvalue weighted by atomic mass is 19.1. The zero-order valence-corrected chi connectivity index (χ0v) is 84.1. The van der Waals surface area contributed by atoms with Crippen LogP contribution in [-0.2, 0) is 74.0 Å². The zero-order chi connectivity index (χ0) is 103. The summed E-state index contributed by atoms with van der Waals surface area (Å²) >= 11 is 0. The molecular weight excluding hydrogens is 1850 g/mol. The first kappa shape index (κ1) is 110. The van der Waals surface area contributed by atoms with E-state index in [-0.39, 0.29) is 108 Å². The number of halogens is 4. The first-order valence-electron chi connectivity index (χ1n) is 48.9. The predicted octanol–water partition coefficient (Wildman–Crippen LogP) is 27.3. The van der Waals surface area contributed by atoms with E-state index in [0.717, 1.165) is 134 Å². The number of phenolic OH excluding ortho intramolecular Hbond substituents is 2. The minimum absolute atomic E-state index is 0.0434. The maximum atomic E-state index is 14.9. The highest BCUT2D eigenvalue weighted by Crippen LogP contribution is 2.43. The van der Waals surface area contributed by atoms with Crippen LogP contribution >= 0.6 is 0 Å². The van der Waals surface area contributed by atoms with Crippen LogP contribution < -0.4 is 47.4 Å². The lowest BCUT2D eigenvalue weighted by Gasteiger charge is -2.25. The molecule has 12 aromatic carbocycles. The van der Waals surface area contributed by atoms with Gasteiger partial charge in [-0.3, -0.25) is 19.2 Å². The number of hydrogen-bond donors (Lipinski definition) is 2. The van der Waals surface area contributed by atoms with E-state index in [1.54, 1.807) is 87.0 Å². The summed E-state index contributed by atoms with van der Waals surface area (Å²) in [7, 11) is 11.7. The second kappa shape index (κ2) is 57.2. The van der Waals surface area contributed by atoms with Crippen LogP contribution in [0.2, 0.25) is 0 Å². The summed E-state index contributed by atoms with van der Waals surface area (Å²) in [6, 6.07) is 70.4. The second-order valence-electron chi connectivity index (χ2n) is 35.1. The normalized spacial score (nSPS) is 13.9. The predicted molar refractivity (Wildman–Crippen MR) is 546 cm³/mol. The Morgan fingerprint density at radius 2 is 0.556 bits per heavy atom. The first-order valence-corrected chi connectivity index (χ1v) is 48.9. The Bertz CT molecular complexity index is 5770.